The van der Waals surface area contributed by atoms with Crippen LogP contribution >= 0.6 is 23.4 Å². The molecule has 0 unspecified atom stereocenters. The molecule has 2 aromatic carbocycles. The largest absolute Gasteiger partial charge is 0.493 e. The van der Waals surface area contributed by atoms with Gasteiger partial charge in [0.25, 0.3) is 0 Å². The van der Waals surface area contributed by atoms with E-state index in [1.165, 1.54) is 0 Å². The van der Waals surface area contributed by atoms with Gasteiger partial charge in [-0.1, -0.05) is 35.5 Å². The lowest BCUT2D eigenvalue weighted by molar-refractivity contribution is 0.355. The van der Waals surface area contributed by atoms with E-state index >= 15 is 0 Å². The summed E-state index contributed by atoms with van der Waals surface area (Å²) in [5.41, 5.74) is 2.82. The summed E-state index contributed by atoms with van der Waals surface area (Å²) < 4.78 is 12.5. The highest BCUT2D eigenvalue weighted by atomic mass is 35.5. The number of thioether (sulfide) groups is 1. The predicted octanol–water partition coefficient (Wildman–Crippen LogP) is 4.36. The summed E-state index contributed by atoms with van der Waals surface area (Å²) in [5, 5.41) is 15.1. The maximum atomic E-state index is 6.02. The number of ether oxygens (including phenoxy) is 2. The molecule has 3 aromatic rings. The molecule has 0 N–H and O–H groups in total. The SMILES string of the molecule is COc1ccc(-c2nnc3n2N=C(c2ccc(Cl)cc2)[C@@H](C)S3)cc1OC. The summed E-state index contributed by atoms with van der Waals surface area (Å²) in [4.78, 5) is 0. The van der Waals surface area contributed by atoms with Crippen LogP contribution in [0.5, 0.6) is 11.5 Å². The molecule has 0 bridgehead atoms. The second-order valence-electron chi connectivity index (χ2n) is 5.94. The first kappa shape index (κ1) is 17.9. The number of halogens is 1. The summed E-state index contributed by atoms with van der Waals surface area (Å²) in [7, 11) is 3.21. The van der Waals surface area contributed by atoms with Gasteiger partial charge in [0, 0.05) is 10.6 Å². The van der Waals surface area contributed by atoms with Crippen LogP contribution in [0.4, 0.5) is 0 Å². The van der Waals surface area contributed by atoms with Crippen LogP contribution in [-0.4, -0.2) is 40.1 Å². The molecule has 1 aromatic heterocycles. The van der Waals surface area contributed by atoms with Gasteiger partial charge in [0.15, 0.2) is 17.3 Å². The Kier molecular flexibility index (Phi) is 4.80. The lowest BCUT2D eigenvalue weighted by Gasteiger charge is -2.20. The van der Waals surface area contributed by atoms with Gasteiger partial charge in [0.1, 0.15) is 0 Å². The molecule has 2 heterocycles. The summed E-state index contributed by atoms with van der Waals surface area (Å²) >= 11 is 7.64. The lowest BCUT2D eigenvalue weighted by Crippen LogP contribution is -2.21. The Morgan fingerprint density at radius 1 is 0.963 bits per heavy atom. The number of aromatic nitrogens is 3. The topological polar surface area (TPSA) is 61.5 Å². The van der Waals surface area contributed by atoms with E-state index in [-0.39, 0.29) is 5.25 Å². The molecule has 0 amide bonds. The summed E-state index contributed by atoms with van der Waals surface area (Å²) in [6, 6.07) is 13.3. The number of hydrogen-bond donors (Lipinski definition) is 0. The van der Waals surface area contributed by atoms with E-state index < -0.39 is 0 Å². The standard InChI is InChI=1S/C19H17ClN4O2S/c1-11-17(12-4-7-14(20)8-5-12)23-24-18(21-22-19(24)27-11)13-6-9-15(25-2)16(10-13)26-3/h4-11H,1-3H3/t11-/m1/s1. The van der Waals surface area contributed by atoms with Crippen LogP contribution < -0.4 is 9.47 Å². The van der Waals surface area contributed by atoms with Crippen LogP contribution in [0.15, 0.2) is 52.7 Å². The Hall–Kier alpha value is -2.51. The first-order valence-corrected chi connectivity index (χ1v) is 9.55. The maximum Gasteiger partial charge on any atom is 0.213 e. The van der Waals surface area contributed by atoms with Crippen LogP contribution in [0, 0.1) is 0 Å². The molecule has 1 atom stereocenters. The smallest absolute Gasteiger partial charge is 0.213 e. The van der Waals surface area contributed by atoms with Crippen molar-refractivity contribution in [2.24, 2.45) is 5.10 Å². The third kappa shape index (κ3) is 3.28. The third-order valence-corrected chi connectivity index (χ3v) is 5.56. The quantitative estimate of drug-likeness (QED) is 0.651. The van der Waals surface area contributed by atoms with Gasteiger partial charge < -0.3 is 9.47 Å². The normalized spacial score (nSPS) is 15.9. The molecule has 0 spiro atoms. The van der Waals surface area contributed by atoms with Crippen molar-refractivity contribution in [1.29, 1.82) is 0 Å². The molecule has 8 heteroatoms. The number of rotatable bonds is 4. The van der Waals surface area contributed by atoms with E-state index in [9.17, 15) is 0 Å². The maximum absolute atomic E-state index is 6.02. The molecule has 0 saturated carbocycles. The number of methoxy groups -OCH3 is 2. The molecule has 1 aliphatic heterocycles. The van der Waals surface area contributed by atoms with E-state index in [0.717, 1.165) is 22.0 Å². The van der Waals surface area contributed by atoms with Gasteiger partial charge >= 0.3 is 0 Å². The molecule has 4 rings (SSSR count). The van der Waals surface area contributed by atoms with Gasteiger partial charge in [0.2, 0.25) is 5.16 Å². The Labute approximate surface area is 166 Å². The zero-order valence-electron chi connectivity index (χ0n) is 15.0. The molecule has 138 valence electrons. The average Bonchev–Trinajstić information content (AvgIpc) is 3.10. The zero-order chi connectivity index (χ0) is 19.0. The highest BCUT2D eigenvalue weighted by Gasteiger charge is 2.26. The second-order valence-corrected chi connectivity index (χ2v) is 7.68. The van der Waals surface area contributed by atoms with Gasteiger partial charge in [-0.25, -0.2) is 0 Å². The fraction of sp³-hybridized carbons (Fsp3) is 0.211. The highest BCUT2D eigenvalue weighted by molar-refractivity contribution is 8.00. The van der Waals surface area contributed by atoms with Crippen molar-refractivity contribution in [1.82, 2.24) is 14.9 Å². The number of hydrogen-bond acceptors (Lipinski definition) is 6. The van der Waals surface area contributed by atoms with E-state index in [4.69, 9.17) is 26.2 Å². The Bertz CT molecular complexity index is 1020. The van der Waals surface area contributed by atoms with Gasteiger partial charge in [0.05, 0.1) is 25.2 Å². The van der Waals surface area contributed by atoms with E-state index in [1.54, 1.807) is 30.7 Å². The minimum Gasteiger partial charge on any atom is -0.493 e. The van der Waals surface area contributed by atoms with Crippen LogP contribution in [-0.2, 0) is 0 Å². The summed E-state index contributed by atoms with van der Waals surface area (Å²) in [5.74, 6) is 1.94. The Morgan fingerprint density at radius 3 is 2.37 bits per heavy atom. The molecule has 0 fully saturated rings. The molecular formula is C19H17ClN4O2S. The third-order valence-electron chi connectivity index (χ3n) is 4.27. The molecule has 0 saturated heterocycles. The van der Waals surface area contributed by atoms with Crippen molar-refractivity contribution in [3.05, 3.63) is 53.1 Å². The minimum absolute atomic E-state index is 0.154. The minimum atomic E-state index is 0.154. The summed E-state index contributed by atoms with van der Waals surface area (Å²) in [6.45, 7) is 2.10. The number of benzene rings is 2. The van der Waals surface area contributed by atoms with Crippen LogP contribution in [0.2, 0.25) is 5.02 Å². The fourth-order valence-corrected chi connectivity index (χ4v) is 3.95. The van der Waals surface area contributed by atoms with Gasteiger partial charge in [-0.15, -0.1) is 10.2 Å². The monoisotopic (exact) mass is 400 g/mol. The van der Waals surface area contributed by atoms with E-state index in [2.05, 4.69) is 17.1 Å². The lowest BCUT2D eigenvalue weighted by atomic mass is 10.1. The molecule has 0 radical (unpaired) electrons. The van der Waals surface area contributed by atoms with Gasteiger partial charge in [-0.05, 0) is 42.8 Å². The first-order chi connectivity index (χ1) is 13.1. The van der Waals surface area contributed by atoms with Crippen molar-refractivity contribution in [2.45, 2.75) is 17.3 Å². The highest BCUT2D eigenvalue weighted by Crippen LogP contribution is 2.36. The molecule has 1 aliphatic rings. The van der Waals surface area contributed by atoms with Crippen molar-refractivity contribution in [2.75, 3.05) is 14.2 Å². The van der Waals surface area contributed by atoms with Gasteiger partial charge in [-0.3, -0.25) is 0 Å². The van der Waals surface area contributed by atoms with Crippen LogP contribution in [0.3, 0.4) is 0 Å². The predicted molar refractivity (Wildman–Crippen MR) is 107 cm³/mol. The van der Waals surface area contributed by atoms with E-state index in [1.807, 2.05) is 42.5 Å². The molecule has 0 aliphatic carbocycles. The molecule has 27 heavy (non-hydrogen) atoms. The van der Waals surface area contributed by atoms with Crippen molar-refractivity contribution >= 4 is 29.1 Å². The first-order valence-electron chi connectivity index (χ1n) is 8.30. The Balaban J connectivity index is 1.80. The van der Waals surface area contributed by atoms with Crippen molar-refractivity contribution in [3.8, 4) is 22.9 Å². The van der Waals surface area contributed by atoms with Crippen molar-refractivity contribution < 1.29 is 9.47 Å². The number of nitrogens with zero attached hydrogens (tertiary/aromatic N) is 4. The fourth-order valence-electron chi connectivity index (χ4n) is 2.90. The zero-order valence-corrected chi connectivity index (χ0v) is 16.6. The van der Waals surface area contributed by atoms with Crippen LogP contribution in [0.25, 0.3) is 11.4 Å². The average molecular weight is 401 g/mol. The van der Waals surface area contributed by atoms with Gasteiger partial charge in [-0.2, -0.15) is 9.78 Å². The van der Waals surface area contributed by atoms with Crippen LogP contribution in [0.1, 0.15) is 12.5 Å². The van der Waals surface area contributed by atoms with Crippen molar-refractivity contribution in [3.63, 3.8) is 0 Å². The van der Waals surface area contributed by atoms with E-state index in [0.29, 0.717) is 22.3 Å². The number of fused-ring (bicyclic) bond motifs is 1. The second kappa shape index (κ2) is 7.25. The Morgan fingerprint density at radius 2 is 1.67 bits per heavy atom. The summed E-state index contributed by atoms with van der Waals surface area (Å²) in [6.07, 6.45) is 0. The molecular weight excluding hydrogens is 384 g/mol. The molecule has 6 nitrogen and oxygen atoms in total.